The quantitative estimate of drug-likeness (QED) is 0.466. The number of carbonyl (C=O) groups excluding carboxylic acids is 1. The fourth-order valence-electron chi connectivity index (χ4n) is 8.72. The van der Waals surface area contributed by atoms with Crippen LogP contribution in [0.25, 0.3) is 0 Å². The minimum Gasteiger partial charge on any atom is -0.303 e. The van der Waals surface area contributed by atoms with Crippen LogP contribution in [-0.4, -0.2) is 6.29 Å². The number of carbonyl (C=O) groups is 1. The van der Waals surface area contributed by atoms with Crippen molar-refractivity contribution in [2.24, 2.45) is 52.3 Å². The van der Waals surface area contributed by atoms with Gasteiger partial charge in [-0.05, 0) is 104 Å². The first-order valence-corrected chi connectivity index (χ1v) is 12.4. The number of hydrogen-bond donors (Lipinski definition) is 0. The molecule has 0 amide bonds. The summed E-state index contributed by atoms with van der Waals surface area (Å²) in [7, 11) is 0. The van der Waals surface area contributed by atoms with Gasteiger partial charge in [0, 0.05) is 5.92 Å². The van der Waals surface area contributed by atoms with Crippen LogP contribution in [0.2, 0.25) is 0 Å². The van der Waals surface area contributed by atoms with Gasteiger partial charge in [0.15, 0.2) is 0 Å². The first-order valence-electron chi connectivity index (χ1n) is 12.4. The number of aldehydes is 1. The van der Waals surface area contributed by atoms with Crippen LogP contribution in [0.3, 0.4) is 0 Å². The molecular weight excluding hydrogens is 328 g/mol. The van der Waals surface area contributed by atoms with Crippen molar-refractivity contribution in [1.29, 1.82) is 0 Å². The number of fused-ring (bicyclic) bond motifs is 5. The average molecular weight is 375 g/mol. The van der Waals surface area contributed by atoms with Crippen molar-refractivity contribution < 1.29 is 4.79 Å². The van der Waals surface area contributed by atoms with Gasteiger partial charge >= 0.3 is 0 Å². The molecule has 9 atom stereocenters. The van der Waals surface area contributed by atoms with Gasteiger partial charge in [-0.25, -0.2) is 0 Å². The van der Waals surface area contributed by atoms with Crippen LogP contribution in [0.5, 0.6) is 0 Å². The Balaban J connectivity index is 0.00000102. The lowest BCUT2D eigenvalue weighted by Crippen LogP contribution is -2.53. The molecule has 0 radical (unpaired) electrons. The molecule has 0 bridgehead atoms. The Kier molecular flexibility index (Phi) is 6.49. The maximum Gasteiger partial charge on any atom is 0.123 e. The van der Waals surface area contributed by atoms with Gasteiger partial charge in [-0.15, -0.1) is 0 Å². The summed E-state index contributed by atoms with van der Waals surface area (Å²) in [4.78, 5) is 11.5. The molecule has 0 aliphatic heterocycles. The van der Waals surface area contributed by atoms with Crippen LogP contribution in [-0.2, 0) is 4.79 Å². The molecule has 7 unspecified atom stereocenters. The Hall–Kier alpha value is -0.330. The van der Waals surface area contributed by atoms with Gasteiger partial charge < -0.3 is 4.79 Å². The van der Waals surface area contributed by atoms with Gasteiger partial charge in [-0.3, -0.25) is 0 Å². The molecule has 1 nitrogen and oxygen atoms in total. The standard InChI is InChI=1S/C24H40O.C2H6/c1-5-17-10-12-23(3)18(14-17)6-7-19-21-9-8-20(16(2)15-25)24(21,4)13-11-22(19)23;1-2/h15-22H,5-14H2,1-4H3;1-2H3/t16-,17-,18?,19?,20?,21?,22?,23?,24?;/m0./s1. The highest BCUT2D eigenvalue weighted by molar-refractivity contribution is 5.53. The maximum absolute atomic E-state index is 11.5. The third-order valence-corrected chi connectivity index (χ3v) is 10.3. The summed E-state index contributed by atoms with van der Waals surface area (Å²) in [6.45, 7) is 13.8. The van der Waals surface area contributed by atoms with E-state index in [9.17, 15) is 4.79 Å². The molecule has 0 N–H and O–H groups in total. The van der Waals surface area contributed by atoms with Gasteiger partial charge in [0.1, 0.15) is 6.29 Å². The second kappa shape index (κ2) is 8.19. The van der Waals surface area contributed by atoms with Crippen LogP contribution in [0, 0.1) is 52.3 Å². The highest BCUT2D eigenvalue weighted by Gasteiger charge is 2.60. The molecular formula is C26H46O. The summed E-state index contributed by atoms with van der Waals surface area (Å²) in [5.74, 6) is 5.77. The van der Waals surface area contributed by atoms with Gasteiger partial charge in [-0.2, -0.15) is 0 Å². The summed E-state index contributed by atoms with van der Waals surface area (Å²) in [6.07, 6.45) is 15.7. The van der Waals surface area contributed by atoms with Crippen molar-refractivity contribution in [3.8, 4) is 0 Å². The second-order valence-electron chi connectivity index (χ2n) is 10.9. The lowest BCUT2D eigenvalue weighted by Gasteiger charge is -2.61. The van der Waals surface area contributed by atoms with Crippen molar-refractivity contribution in [3.05, 3.63) is 0 Å². The predicted octanol–water partition coefficient (Wildman–Crippen LogP) is 7.53. The largest absolute Gasteiger partial charge is 0.303 e. The minimum atomic E-state index is 0.262. The molecule has 4 aliphatic rings. The fourth-order valence-corrected chi connectivity index (χ4v) is 8.72. The van der Waals surface area contributed by atoms with Gasteiger partial charge in [-0.1, -0.05) is 48.0 Å². The van der Waals surface area contributed by atoms with E-state index in [-0.39, 0.29) is 5.92 Å². The van der Waals surface area contributed by atoms with Crippen molar-refractivity contribution in [3.63, 3.8) is 0 Å². The first kappa shape index (κ1) is 21.4. The van der Waals surface area contributed by atoms with E-state index in [2.05, 4.69) is 27.7 Å². The van der Waals surface area contributed by atoms with Crippen molar-refractivity contribution in [2.75, 3.05) is 0 Å². The molecule has 0 spiro atoms. The zero-order valence-corrected chi connectivity index (χ0v) is 19.1. The monoisotopic (exact) mass is 374 g/mol. The topological polar surface area (TPSA) is 17.1 Å². The molecule has 0 aromatic heterocycles. The van der Waals surface area contributed by atoms with Crippen molar-refractivity contribution in [2.45, 2.75) is 106 Å². The van der Waals surface area contributed by atoms with E-state index in [0.717, 1.165) is 29.6 Å². The van der Waals surface area contributed by atoms with E-state index < -0.39 is 0 Å². The van der Waals surface area contributed by atoms with E-state index in [4.69, 9.17) is 0 Å². The molecule has 156 valence electrons. The van der Waals surface area contributed by atoms with Crippen molar-refractivity contribution in [1.82, 2.24) is 0 Å². The summed E-state index contributed by atoms with van der Waals surface area (Å²) in [6, 6.07) is 0. The van der Waals surface area contributed by atoms with Crippen LogP contribution < -0.4 is 0 Å². The zero-order chi connectivity index (χ0) is 19.8. The summed E-state index contributed by atoms with van der Waals surface area (Å²) >= 11 is 0. The fraction of sp³-hybridized carbons (Fsp3) is 0.962. The average Bonchev–Trinajstić information content (AvgIpc) is 3.05. The normalized spacial score (nSPS) is 49.7. The van der Waals surface area contributed by atoms with E-state index in [1.807, 2.05) is 13.8 Å². The Bertz CT molecular complexity index is 512. The van der Waals surface area contributed by atoms with E-state index in [0.29, 0.717) is 16.7 Å². The maximum atomic E-state index is 11.5. The Morgan fingerprint density at radius 1 is 0.926 bits per heavy atom. The smallest absolute Gasteiger partial charge is 0.123 e. The summed E-state index contributed by atoms with van der Waals surface area (Å²) in [5, 5.41) is 0. The van der Waals surface area contributed by atoms with Gasteiger partial charge in [0.05, 0.1) is 0 Å². The van der Waals surface area contributed by atoms with E-state index in [1.165, 1.54) is 70.5 Å². The van der Waals surface area contributed by atoms with Crippen LogP contribution in [0.4, 0.5) is 0 Å². The molecule has 4 fully saturated rings. The third kappa shape index (κ3) is 3.33. The molecule has 4 saturated carbocycles. The molecule has 27 heavy (non-hydrogen) atoms. The summed E-state index contributed by atoms with van der Waals surface area (Å²) in [5.41, 5.74) is 1.08. The minimum absolute atomic E-state index is 0.262. The summed E-state index contributed by atoms with van der Waals surface area (Å²) < 4.78 is 0. The zero-order valence-electron chi connectivity index (χ0n) is 19.1. The SMILES string of the molecule is CC.CC[C@H]1CCC2(C)C(CCC3C2CCC2(C)C3CCC2[C@@H](C)C=O)C1. The first-order chi connectivity index (χ1) is 12.9. The molecule has 0 aromatic rings. The molecule has 1 heteroatoms. The molecule has 0 aromatic carbocycles. The highest BCUT2D eigenvalue weighted by atomic mass is 16.1. The molecule has 4 rings (SSSR count). The van der Waals surface area contributed by atoms with Crippen LogP contribution in [0.1, 0.15) is 106 Å². The Morgan fingerprint density at radius 3 is 2.26 bits per heavy atom. The molecule has 4 aliphatic carbocycles. The molecule has 0 saturated heterocycles. The van der Waals surface area contributed by atoms with Crippen molar-refractivity contribution >= 4 is 6.29 Å². The Morgan fingerprint density at radius 2 is 1.59 bits per heavy atom. The third-order valence-electron chi connectivity index (χ3n) is 10.3. The lowest BCUT2D eigenvalue weighted by atomic mass is 9.44. The highest BCUT2D eigenvalue weighted by Crippen LogP contribution is 2.68. The number of rotatable bonds is 3. The lowest BCUT2D eigenvalue weighted by molar-refractivity contribution is -0.126. The van der Waals surface area contributed by atoms with Crippen LogP contribution in [0.15, 0.2) is 0 Å². The molecule has 0 heterocycles. The Labute approximate surface area is 169 Å². The predicted molar refractivity (Wildman–Crippen MR) is 116 cm³/mol. The van der Waals surface area contributed by atoms with Crippen LogP contribution >= 0.6 is 0 Å². The van der Waals surface area contributed by atoms with Gasteiger partial charge in [0.2, 0.25) is 0 Å². The van der Waals surface area contributed by atoms with E-state index >= 15 is 0 Å². The van der Waals surface area contributed by atoms with E-state index in [1.54, 1.807) is 0 Å². The number of hydrogen-bond acceptors (Lipinski definition) is 1. The second-order valence-corrected chi connectivity index (χ2v) is 10.9. The van der Waals surface area contributed by atoms with Gasteiger partial charge in [0.25, 0.3) is 0 Å².